The molecular weight excluding hydrogens is 213 g/mol. The molecule has 2 heteroatoms. The van der Waals surface area contributed by atoms with E-state index in [1.165, 1.54) is 11.6 Å². The quantitative estimate of drug-likeness (QED) is 0.819. The Morgan fingerprint density at radius 2 is 2.12 bits per heavy atom. The number of rotatable bonds is 5. The minimum Gasteiger partial charge on any atom is -0.313 e. The number of aryl methyl sites for hydroxylation is 1. The normalized spacial score (nSPS) is 12.2. The van der Waals surface area contributed by atoms with E-state index in [1.54, 1.807) is 6.07 Å². The molecule has 0 aliphatic heterocycles. The first-order chi connectivity index (χ1) is 8.04. The molecule has 0 aliphatic rings. The predicted octanol–water partition coefficient (Wildman–Crippen LogP) is 3.78. The van der Waals surface area contributed by atoms with Crippen molar-refractivity contribution in [3.63, 3.8) is 0 Å². The fraction of sp³-hybridized carbons (Fsp3) is 0.467. The Morgan fingerprint density at radius 3 is 2.71 bits per heavy atom. The third kappa shape index (κ3) is 4.31. The SMILES string of the molecule is CCNC/C(=C/c1cc(C)ccc1F)C(C)C. The summed E-state index contributed by atoms with van der Waals surface area (Å²) in [5.74, 6) is 0.277. The Kier molecular flexibility index (Phi) is 5.36. The smallest absolute Gasteiger partial charge is 0.130 e. The van der Waals surface area contributed by atoms with Crippen molar-refractivity contribution in [3.05, 3.63) is 40.7 Å². The first-order valence-electron chi connectivity index (χ1n) is 6.22. The zero-order valence-corrected chi connectivity index (χ0v) is 11.2. The maximum atomic E-state index is 13.7. The van der Waals surface area contributed by atoms with Crippen molar-refractivity contribution in [3.8, 4) is 0 Å². The van der Waals surface area contributed by atoms with Crippen molar-refractivity contribution in [2.75, 3.05) is 13.1 Å². The van der Waals surface area contributed by atoms with Gasteiger partial charge in [-0.1, -0.05) is 44.1 Å². The van der Waals surface area contributed by atoms with Gasteiger partial charge in [0.2, 0.25) is 0 Å². The van der Waals surface area contributed by atoms with Gasteiger partial charge in [-0.15, -0.1) is 0 Å². The van der Waals surface area contributed by atoms with Gasteiger partial charge in [0.25, 0.3) is 0 Å². The van der Waals surface area contributed by atoms with Crippen LogP contribution in [0.1, 0.15) is 31.9 Å². The summed E-state index contributed by atoms with van der Waals surface area (Å²) in [5.41, 5.74) is 3.01. The first kappa shape index (κ1) is 13.9. The van der Waals surface area contributed by atoms with Crippen LogP contribution < -0.4 is 5.32 Å². The largest absolute Gasteiger partial charge is 0.313 e. The highest BCUT2D eigenvalue weighted by Crippen LogP contribution is 2.17. The highest BCUT2D eigenvalue weighted by Gasteiger charge is 2.05. The van der Waals surface area contributed by atoms with Crippen molar-refractivity contribution >= 4 is 6.08 Å². The third-order valence-corrected chi connectivity index (χ3v) is 2.81. The molecule has 0 saturated carbocycles. The van der Waals surface area contributed by atoms with Crippen LogP contribution in [0.3, 0.4) is 0 Å². The first-order valence-corrected chi connectivity index (χ1v) is 6.22. The van der Waals surface area contributed by atoms with E-state index in [-0.39, 0.29) is 5.82 Å². The van der Waals surface area contributed by atoms with E-state index >= 15 is 0 Å². The molecule has 17 heavy (non-hydrogen) atoms. The molecule has 1 aromatic rings. The molecule has 0 radical (unpaired) electrons. The van der Waals surface area contributed by atoms with Crippen LogP contribution in [0.4, 0.5) is 4.39 Å². The summed E-state index contributed by atoms with van der Waals surface area (Å²) in [5, 5.41) is 3.29. The second kappa shape index (κ2) is 6.55. The lowest BCUT2D eigenvalue weighted by molar-refractivity contribution is 0.623. The standard InChI is InChI=1S/C15H22FN/c1-5-17-10-14(11(2)3)9-13-8-12(4)6-7-15(13)16/h6-9,11,17H,5,10H2,1-4H3/b14-9-. The highest BCUT2D eigenvalue weighted by atomic mass is 19.1. The predicted molar refractivity (Wildman–Crippen MR) is 72.5 cm³/mol. The highest BCUT2D eigenvalue weighted by molar-refractivity contribution is 5.55. The van der Waals surface area contributed by atoms with Gasteiger partial charge in [-0.2, -0.15) is 0 Å². The maximum Gasteiger partial charge on any atom is 0.130 e. The van der Waals surface area contributed by atoms with E-state index in [9.17, 15) is 4.39 Å². The average Bonchev–Trinajstić information content (AvgIpc) is 2.28. The summed E-state index contributed by atoms with van der Waals surface area (Å²) in [7, 11) is 0. The molecule has 0 fully saturated rings. The van der Waals surface area contributed by atoms with Gasteiger partial charge in [0.15, 0.2) is 0 Å². The Morgan fingerprint density at radius 1 is 1.41 bits per heavy atom. The Balaban J connectivity index is 2.99. The lowest BCUT2D eigenvalue weighted by Crippen LogP contribution is -2.18. The van der Waals surface area contributed by atoms with E-state index in [0.717, 1.165) is 18.7 Å². The summed E-state index contributed by atoms with van der Waals surface area (Å²) >= 11 is 0. The topological polar surface area (TPSA) is 12.0 Å². The minimum atomic E-state index is -0.148. The minimum absolute atomic E-state index is 0.148. The fourth-order valence-corrected chi connectivity index (χ4v) is 1.66. The van der Waals surface area contributed by atoms with Crippen LogP contribution >= 0.6 is 0 Å². The van der Waals surface area contributed by atoms with Crippen LogP contribution in [-0.2, 0) is 0 Å². The summed E-state index contributed by atoms with van der Waals surface area (Å²) < 4.78 is 13.7. The second-order valence-electron chi connectivity index (χ2n) is 4.68. The van der Waals surface area contributed by atoms with E-state index < -0.39 is 0 Å². The van der Waals surface area contributed by atoms with Crippen LogP contribution in [0.2, 0.25) is 0 Å². The van der Waals surface area contributed by atoms with E-state index in [1.807, 2.05) is 19.1 Å². The Hall–Kier alpha value is -1.15. The maximum absolute atomic E-state index is 13.7. The van der Waals surface area contributed by atoms with Gasteiger partial charge in [0.05, 0.1) is 0 Å². The summed E-state index contributed by atoms with van der Waals surface area (Å²) in [6.45, 7) is 10.1. The van der Waals surface area contributed by atoms with Gasteiger partial charge in [0.1, 0.15) is 5.82 Å². The van der Waals surface area contributed by atoms with Gasteiger partial charge in [-0.3, -0.25) is 0 Å². The third-order valence-electron chi connectivity index (χ3n) is 2.81. The molecular formula is C15H22FN. The summed E-state index contributed by atoms with van der Waals surface area (Å²) in [4.78, 5) is 0. The van der Waals surface area contributed by atoms with E-state index in [0.29, 0.717) is 11.5 Å². The average molecular weight is 235 g/mol. The molecule has 0 heterocycles. The van der Waals surface area contributed by atoms with Crippen molar-refractivity contribution < 1.29 is 4.39 Å². The zero-order chi connectivity index (χ0) is 12.8. The number of hydrogen-bond donors (Lipinski definition) is 1. The van der Waals surface area contributed by atoms with Gasteiger partial charge >= 0.3 is 0 Å². The number of hydrogen-bond acceptors (Lipinski definition) is 1. The molecule has 0 aliphatic carbocycles. The monoisotopic (exact) mass is 235 g/mol. The van der Waals surface area contributed by atoms with Crippen molar-refractivity contribution in [2.45, 2.75) is 27.7 Å². The molecule has 0 amide bonds. The van der Waals surface area contributed by atoms with Crippen LogP contribution in [0, 0.1) is 18.7 Å². The number of likely N-dealkylation sites (N-methyl/N-ethyl adjacent to an activating group) is 1. The van der Waals surface area contributed by atoms with Crippen LogP contribution in [0.25, 0.3) is 6.08 Å². The molecule has 1 nitrogen and oxygen atoms in total. The van der Waals surface area contributed by atoms with E-state index in [2.05, 4.69) is 26.1 Å². The van der Waals surface area contributed by atoms with Crippen LogP contribution in [0.15, 0.2) is 23.8 Å². The van der Waals surface area contributed by atoms with Crippen molar-refractivity contribution in [1.82, 2.24) is 5.32 Å². The molecule has 94 valence electrons. The zero-order valence-electron chi connectivity index (χ0n) is 11.2. The molecule has 0 unspecified atom stereocenters. The Bertz CT molecular complexity index is 394. The lowest BCUT2D eigenvalue weighted by Gasteiger charge is -2.12. The van der Waals surface area contributed by atoms with Gasteiger partial charge < -0.3 is 5.32 Å². The summed E-state index contributed by atoms with van der Waals surface area (Å²) in [6.07, 6.45) is 1.97. The number of halogens is 1. The molecule has 0 spiro atoms. The van der Waals surface area contributed by atoms with Gasteiger partial charge in [0, 0.05) is 12.1 Å². The molecule has 0 saturated heterocycles. The molecule has 0 bridgehead atoms. The molecule has 1 N–H and O–H groups in total. The van der Waals surface area contributed by atoms with E-state index in [4.69, 9.17) is 0 Å². The van der Waals surface area contributed by atoms with Crippen molar-refractivity contribution in [1.29, 1.82) is 0 Å². The lowest BCUT2D eigenvalue weighted by atomic mass is 9.99. The number of nitrogens with one attached hydrogen (secondary N) is 1. The molecule has 1 rings (SSSR count). The van der Waals surface area contributed by atoms with Crippen molar-refractivity contribution in [2.24, 2.45) is 5.92 Å². The second-order valence-corrected chi connectivity index (χ2v) is 4.68. The molecule has 0 atom stereocenters. The fourth-order valence-electron chi connectivity index (χ4n) is 1.66. The Labute approximate surface area is 104 Å². The van der Waals surface area contributed by atoms with Gasteiger partial charge in [-0.05, 0) is 31.5 Å². The molecule has 1 aromatic carbocycles. The molecule has 0 aromatic heterocycles. The number of benzene rings is 1. The van der Waals surface area contributed by atoms with Crippen LogP contribution in [0.5, 0.6) is 0 Å². The van der Waals surface area contributed by atoms with Gasteiger partial charge in [-0.25, -0.2) is 4.39 Å². The summed E-state index contributed by atoms with van der Waals surface area (Å²) in [6, 6.07) is 5.22. The van der Waals surface area contributed by atoms with Crippen LogP contribution in [-0.4, -0.2) is 13.1 Å².